The average molecular weight is 331 g/mol. The molecule has 1 aromatic carbocycles. The van der Waals surface area contributed by atoms with E-state index < -0.39 is 0 Å². The average Bonchev–Trinajstić information content (AvgIpc) is 2.69. The van der Waals surface area contributed by atoms with Gasteiger partial charge in [0.05, 0.1) is 5.69 Å². The lowest BCUT2D eigenvalue weighted by Gasteiger charge is -2.28. The maximum absolute atomic E-state index is 4.58. The molecule has 0 aliphatic carbocycles. The van der Waals surface area contributed by atoms with E-state index in [1.54, 1.807) is 12.4 Å². The minimum Gasteiger partial charge on any atom is -0.353 e. The third kappa shape index (κ3) is 3.83. The van der Waals surface area contributed by atoms with Gasteiger partial charge in [-0.15, -0.1) is 0 Å². The second-order valence-electron chi connectivity index (χ2n) is 6.23. The van der Waals surface area contributed by atoms with Crippen LogP contribution in [0, 0.1) is 0 Å². The molecule has 2 aromatic heterocycles. The number of fused-ring (bicyclic) bond motifs is 1. The highest BCUT2D eigenvalue weighted by Gasteiger charge is 2.15. The van der Waals surface area contributed by atoms with Gasteiger partial charge < -0.3 is 5.32 Å². The summed E-state index contributed by atoms with van der Waals surface area (Å²) >= 11 is 0. The fourth-order valence-electron chi connectivity index (χ4n) is 3.19. The lowest BCUT2D eigenvalue weighted by Crippen LogP contribution is -2.34. The van der Waals surface area contributed by atoms with Gasteiger partial charge in [-0.25, -0.2) is 9.97 Å². The van der Waals surface area contributed by atoms with Crippen LogP contribution in [0.25, 0.3) is 11.3 Å². The number of hydrogen-bond donors (Lipinski definition) is 1. The Labute approximate surface area is 147 Å². The van der Waals surface area contributed by atoms with Gasteiger partial charge in [0.1, 0.15) is 0 Å². The summed E-state index contributed by atoms with van der Waals surface area (Å²) in [6.07, 6.45) is 6.50. The number of nitrogens with zero attached hydrogens (tertiary/aromatic N) is 4. The van der Waals surface area contributed by atoms with Crippen LogP contribution < -0.4 is 5.32 Å². The van der Waals surface area contributed by atoms with Crippen LogP contribution >= 0.6 is 0 Å². The number of nitrogens with one attached hydrogen (secondary N) is 1. The number of aromatic nitrogens is 3. The highest BCUT2D eigenvalue weighted by atomic mass is 15.2. The Balaban J connectivity index is 1.34. The molecule has 0 bridgehead atoms. The van der Waals surface area contributed by atoms with Crippen LogP contribution in [0.15, 0.2) is 61.1 Å². The fourth-order valence-corrected chi connectivity index (χ4v) is 3.19. The van der Waals surface area contributed by atoms with Gasteiger partial charge in [0.25, 0.3) is 0 Å². The number of anilines is 1. The molecule has 3 heterocycles. The summed E-state index contributed by atoms with van der Waals surface area (Å²) in [5.41, 5.74) is 4.82. The molecule has 0 saturated carbocycles. The van der Waals surface area contributed by atoms with Crippen LogP contribution in [0.1, 0.15) is 11.1 Å². The molecule has 0 radical (unpaired) electrons. The van der Waals surface area contributed by atoms with E-state index in [2.05, 4.69) is 49.4 Å². The van der Waals surface area contributed by atoms with E-state index >= 15 is 0 Å². The molecule has 3 aromatic rings. The molecule has 0 atom stereocenters. The van der Waals surface area contributed by atoms with E-state index in [9.17, 15) is 0 Å². The quantitative estimate of drug-likeness (QED) is 0.779. The van der Waals surface area contributed by atoms with E-state index in [1.807, 2.05) is 24.4 Å². The van der Waals surface area contributed by atoms with Gasteiger partial charge in [0, 0.05) is 50.3 Å². The maximum Gasteiger partial charge on any atom is 0.223 e. The lowest BCUT2D eigenvalue weighted by molar-refractivity contribution is 0.264. The van der Waals surface area contributed by atoms with Crippen molar-refractivity contribution in [2.45, 2.75) is 13.0 Å². The van der Waals surface area contributed by atoms with Crippen LogP contribution in [-0.2, 0) is 13.0 Å². The number of hydrogen-bond acceptors (Lipinski definition) is 5. The second kappa shape index (κ2) is 7.40. The van der Waals surface area contributed by atoms with E-state index in [0.717, 1.165) is 43.9 Å². The molecule has 5 nitrogen and oxygen atoms in total. The molecule has 1 aliphatic rings. The Morgan fingerprint density at radius 1 is 1.00 bits per heavy atom. The molecule has 0 saturated heterocycles. The molecular formula is C20H21N5. The fraction of sp³-hybridized carbons (Fsp3) is 0.250. The number of benzene rings is 1. The van der Waals surface area contributed by atoms with Crippen molar-refractivity contribution in [3.8, 4) is 11.3 Å². The maximum atomic E-state index is 4.58. The normalized spacial score (nSPS) is 14.1. The minimum absolute atomic E-state index is 0.666. The predicted molar refractivity (Wildman–Crippen MR) is 99.2 cm³/mol. The lowest BCUT2D eigenvalue weighted by atomic mass is 10.00. The topological polar surface area (TPSA) is 53.9 Å². The largest absolute Gasteiger partial charge is 0.353 e. The van der Waals surface area contributed by atoms with E-state index in [-0.39, 0.29) is 0 Å². The van der Waals surface area contributed by atoms with E-state index in [0.29, 0.717) is 5.95 Å². The summed E-state index contributed by atoms with van der Waals surface area (Å²) < 4.78 is 0. The first-order valence-corrected chi connectivity index (χ1v) is 8.65. The number of pyridine rings is 1. The van der Waals surface area contributed by atoms with Crippen molar-refractivity contribution in [3.63, 3.8) is 0 Å². The SMILES string of the molecule is c1cncc(-c2ccnc(NCCN3CCc4ccccc4C3)n2)c1. The van der Waals surface area contributed by atoms with Gasteiger partial charge >= 0.3 is 0 Å². The molecule has 126 valence electrons. The Hall–Kier alpha value is -2.79. The van der Waals surface area contributed by atoms with Crippen molar-refractivity contribution < 1.29 is 0 Å². The minimum atomic E-state index is 0.666. The highest BCUT2D eigenvalue weighted by Crippen LogP contribution is 2.18. The van der Waals surface area contributed by atoms with Crippen molar-refractivity contribution in [1.29, 1.82) is 0 Å². The van der Waals surface area contributed by atoms with Crippen molar-refractivity contribution in [1.82, 2.24) is 19.9 Å². The zero-order valence-corrected chi connectivity index (χ0v) is 14.1. The molecule has 25 heavy (non-hydrogen) atoms. The Kier molecular flexibility index (Phi) is 4.65. The summed E-state index contributed by atoms with van der Waals surface area (Å²) in [5, 5.41) is 3.34. The van der Waals surface area contributed by atoms with Crippen molar-refractivity contribution in [3.05, 3.63) is 72.2 Å². The molecule has 0 amide bonds. The van der Waals surface area contributed by atoms with Crippen LogP contribution in [0.4, 0.5) is 5.95 Å². The van der Waals surface area contributed by atoms with Crippen molar-refractivity contribution >= 4 is 5.95 Å². The van der Waals surface area contributed by atoms with Gasteiger partial charge in [-0.2, -0.15) is 0 Å². The first kappa shape index (κ1) is 15.7. The molecule has 0 spiro atoms. The second-order valence-corrected chi connectivity index (χ2v) is 6.23. The monoisotopic (exact) mass is 331 g/mol. The summed E-state index contributed by atoms with van der Waals surface area (Å²) in [6.45, 7) is 3.94. The molecule has 1 aliphatic heterocycles. The standard InChI is InChI=1S/C20H21N5/c1-2-5-18-15-25(12-8-16(18)4-1)13-11-23-20-22-10-7-19(24-20)17-6-3-9-21-14-17/h1-7,9-10,14H,8,11-13,15H2,(H,22,23,24). The Morgan fingerprint density at radius 3 is 2.80 bits per heavy atom. The van der Waals surface area contributed by atoms with E-state index in [1.165, 1.54) is 11.1 Å². The van der Waals surface area contributed by atoms with Gasteiger partial charge in [0.2, 0.25) is 5.95 Å². The predicted octanol–water partition coefficient (Wildman–Crippen LogP) is 3.01. The van der Waals surface area contributed by atoms with Gasteiger partial charge in [-0.05, 0) is 35.7 Å². The Bertz CT molecular complexity index is 834. The molecule has 0 unspecified atom stereocenters. The molecule has 1 N–H and O–H groups in total. The third-order valence-corrected chi connectivity index (χ3v) is 4.53. The molecule has 0 fully saturated rings. The molecule has 4 rings (SSSR count). The summed E-state index contributed by atoms with van der Waals surface area (Å²) in [4.78, 5) is 15.5. The van der Waals surface area contributed by atoms with Crippen molar-refractivity contribution in [2.24, 2.45) is 0 Å². The summed E-state index contributed by atoms with van der Waals surface area (Å²) in [7, 11) is 0. The highest BCUT2D eigenvalue weighted by molar-refractivity contribution is 5.58. The van der Waals surface area contributed by atoms with Crippen molar-refractivity contribution in [2.75, 3.05) is 25.0 Å². The molecular weight excluding hydrogens is 310 g/mol. The van der Waals surface area contributed by atoms with Crippen LogP contribution in [-0.4, -0.2) is 39.5 Å². The first-order chi connectivity index (χ1) is 12.4. The Morgan fingerprint density at radius 2 is 1.92 bits per heavy atom. The zero-order valence-electron chi connectivity index (χ0n) is 14.1. The number of rotatable bonds is 5. The smallest absolute Gasteiger partial charge is 0.223 e. The zero-order chi connectivity index (χ0) is 16.9. The first-order valence-electron chi connectivity index (χ1n) is 8.65. The van der Waals surface area contributed by atoms with Crippen LogP contribution in [0.2, 0.25) is 0 Å². The van der Waals surface area contributed by atoms with Crippen LogP contribution in [0.3, 0.4) is 0 Å². The summed E-state index contributed by atoms with van der Waals surface area (Å²) in [6, 6.07) is 14.5. The summed E-state index contributed by atoms with van der Waals surface area (Å²) in [5.74, 6) is 0.666. The van der Waals surface area contributed by atoms with Gasteiger partial charge in [-0.3, -0.25) is 9.88 Å². The third-order valence-electron chi connectivity index (χ3n) is 4.53. The molecule has 5 heteroatoms. The van der Waals surface area contributed by atoms with Gasteiger partial charge in [0.15, 0.2) is 0 Å². The van der Waals surface area contributed by atoms with Gasteiger partial charge in [-0.1, -0.05) is 24.3 Å². The van der Waals surface area contributed by atoms with E-state index in [4.69, 9.17) is 0 Å². The van der Waals surface area contributed by atoms with Crippen LogP contribution in [0.5, 0.6) is 0 Å².